The van der Waals surface area contributed by atoms with Crippen molar-refractivity contribution in [3.63, 3.8) is 0 Å². The van der Waals surface area contributed by atoms with Gasteiger partial charge in [-0.25, -0.2) is 19.9 Å². The number of rotatable bonds is 4. The minimum atomic E-state index is 0.570. The first-order chi connectivity index (χ1) is 25.8. The molecule has 0 atom stereocenters. The van der Waals surface area contributed by atoms with Gasteiger partial charge in [0.1, 0.15) is 11.2 Å². The number of aromatic nitrogens is 4. The van der Waals surface area contributed by atoms with E-state index in [1.54, 1.807) is 0 Å². The zero-order valence-electron chi connectivity index (χ0n) is 27.6. The first-order valence-electron chi connectivity index (χ1n) is 17.2. The molecular formula is C46H26N4OS. The van der Waals surface area contributed by atoms with Gasteiger partial charge in [0.05, 0.1) is 16.8 Å². The maximum absolute atomic E-state index is 6.46. The van der Waals surface area contributed by atoms with Crippen LogP contribution in [0.4, 0.5) is 0 Å². The largest absolute Gasteiger partial charge is 0.455 e. The van der Waals surface area contributed by atoms with Gasteiger partial charge in [-0.3, -0.25) is 0 Å². The molecule has 4 heterocycles. The lowest BCUT2D eigenvalue weighted by Crippen LogP contribution is -2.00. The van der Waals surface area contributed by atoms with Gasteiger partial charge in [-0.15, -0.1) is 11.3 Å². The van der Waals surface area contributed by atoms with Crippen LogP contribution in [0.15, 0.2) is 162 Å². The standard InChI is InChI=1S/C46H26N4OS/c1-3-13-27(14-4-1)41-32-25-26-33-39-34(20-12-24-38(39)52-43(33)40(32)31-18-7-9-22-36(31)47-41)45-48-44(28-15-5-2-6-16-28)49-46(50-45)35-21-11-19-30-29-17-8-10-23-37(29)51-42(30)35/h1-26H. The molecule has 0 spiro atoms. The predicted molar refractivity (Wildman–Crippen MR) is 215 cm³/mol. The number of benzene rings is 7. The number of furan rings is 1. The van der Waals surface area contributed by atoms with Gasteiger partial charge in [0.15, 0.2) is 17.5 Å². The van der Waals surface area contributed by atoms with E-state index in [-0.39, 0.29) is 0 Å². The molecule has 0 amide bonds. The minimum Gasteiger partial charge on any atom is -0.455 e. The molecule has 0 aliphatic heterocycles. The van der Waals surface area contributed by atoms with Crippen molar-refractivity contribution in [1.29, 1.82) is 0 Å². The normalized spacial score (nSPS) is 11.8. The molecule has 5 nitrogen and oxygen atoms in total. The van der Waals surface area contributed by atoms with Gasteiger partial charge in [-0.2, -0.15) is 0 Å². The molecule has 0 saturated carbocycles. The number of nitrogens with zero attached hydrogens (tertiary/aromatic N) is 4. The maximum Gasteiger partial charge on any atom is 0.167 e. The van der Waals surface area contributed by atoms with Gasteiger partial charge in [-0.1, -0.05) is 133 Å². The van der Waals surface area contributed by atoms with Gasteiger partial charge in [0, 0.05) is 63.8 Å². The molecule has 0 fully saturated rings. The van der Waals surface area contributed by atoms with Crippen LogP contribution in [-0.2, 0) is 0 Å². The van der Waals surface area contributed by atoms with Crippen LogP contribution in [0.5, 0.6) is 0 Å². The Morgan fingerprint density at radius 2 is 1.04 bits per heavy atom. The molecule has 0 bridgehead atoms. The molecule has 0 aliphatic rings. The monoisotopic (exact) mass is 682 g/mol. The third-order valence-electron chi connectivity index (χ3n) is 9.93. The van der Waals surface area contributed by atoms with E-state index in [0.29, 0.717) is 17.5 Å². The quantitative estimate of drug-likeness (QED) is 0.173. The van der Waals surface area contributed by atoms with Crippen molar-refractivity contribution in [2.75, 3.05) is 0 Å². The Morgan fingerprint density at radius 1 is 0.404 bits per heavy atom. The Labute approximate surface area is 301 Å². The average Bonchev–Trinajstić information content (AvgIpc) is 3.80. The Balaban J connectivity index is 1.20. The summed E-state index contributed by atoms with van der Waals surface area (Å²) in [6.45, 7) is 0. The Hall–Kier alpha value is -6.76. The van der Waals surface area contributed by atoms with E-state index in [1.165, 1.54) is 20.2 Å². The number of pyridine rings is 1. The van der Waals surface area contributed by atoms with Crippen molar-refractivity contribution < 1.29 is 4.42 Å². The molecule has 0 radical (unpaired) electrons. The highest BCUT2D eigenvalue weighted by Crippen LogP contribution is 2.46. The van der Waals surface area contributed by atoms with E-state index in [0.717, 1.165) is 71.6 Å². The molecule has 0 aliphatic carbocycles. The van der Waals surface area contributed by atoms with E-state index in [2.05, 4.69) is 91.0 Å². The lowest BCUT2D eigenvalue weighted by molar-refractivity contribution is 0.669. The van der Waals surface area contributed by atoms with E-state index in [1.807, 2.05) is 78.1 Å². The number of thiophene rings is 1. The molecular weight excluding hydrogens is 657 g/mol. The van der Waals surface area contributed by atoms with Crippen molar-refractivity contribution in [3.8, 4) is 45.4 Å². The number of fused-ring (bicyclic) bond motifs is 10. The van der Waals surface area contributed by atoms with Crippen LogP contribution in [-0.4, -0.2) is 19.9 Å². The molecule has 7 aromatic carbocycles. The predicted octanol–water partition coefficient (Wildman–Crippen LogP) is 12.5. The second kappa shape index (κ2) is 11.4. The molecule has 0 saturated heterocycles. The lowest BCUT2D eigenvalue weighted by atomic mass is 9.97. The van der Waals surface area contributed by atoms with Crippen LogP contribution in [0, 0.1) is 0 Å². The van der Waals surface area contributed by atoms with Crippen LogP contribution in [0.2, 0.25) is 0 Å². The number of hydrogen-bond donors (Lipinski definition) is 0. The SMILES string of the molecule is c1ccc(-c2nc(-c3cccc4c3oc3ccccc34)nc(-c3cccc4sc5c(ccc6c(-c7ccccc7)nc7ccccc7c65)c34)n2)cc1. The van der Waals surface area contributed by atoms with Crippen LogP contribution >= 0.6 is 11.3 Å². The maximum atomic E-state index is 6.46. The smallest absolute Gasteiger partial charge is 0.167 e. The minimum absolute atomic E-state index is 0.570. The molecule has 11 aromatic rings. The lowest BCUT2D eigenvalue weighted by Gasteiger charge is -2.11. The molecule has 52 heavy (non-hydrogen) atoms. The van der Waals surface area contributed by atoms with Crippen molar-refractivity contribution >= 4 is 75.1 Å². The summed E-state index contributed by atoms with van der Waals surface area (Å²) in [5.41, 5.74) is 7.38. The Morgan fingerprint density at radius 3 is 1.88 bits per heavy atom. The number of para-hydroxylation sites is 3. The Kier molecular flexibility index (Phi) is 6.35. The van der Waals surface area contributed by atoms with Crippen LogP contribution in [0.3, 0.4) is 0 Å². The van der Waals surface area contributed by atoms with E-state index < -0.39 is 0 Å². The van der Waals surface area contributed by atoms with E-state index in [9.17, 15) is 0 Å². The molecule has 4 aromatic heterocycles. The van der Waals surface area contributed by atoms with Crippen LogP contribution in [0.25, 0.3) is 109 Å². The molecule has 0 N–H and O–H groups in total. The van der Waals surface area contributed by atoms with Crippen LogP contribution in [0.1, 0.15) is 0 Å². The fourth-order valence-corrected chi connectivity index (χ4v) is 8.87. The highest BCUT2D eigenvalue weighted by atomic mass is 32.1. The summed E-state index contributed by atoms with van der Waals surface area (Å²) in [5.74, 6) is 1.80. The summed E-state index contributed by atoms with van der Waals surface area (Å²) in [6, 6.07) is 54.3. The van der Waals surface area contributed by atoms with Crippen molar-refractivity contribution in [3.05, 3.63) is 158 Å². The summed E-state index contributed by atoms with van der Waals surface area (Å²) < 4.78 is 8.85. The highest BCUT2D eigenvalue weighted by molar-refractivity contribution is 7.27. The van der Waals surface area contributed by atoms with E-state index in [4.69, 9.17) is 24.4 Å². The second-order valence-corrected chi connectivity index (χ2v) is 14.0. The number of hydrogen-bond acceptors (Lipinski definition) is 6. The summed E-state index contributed by atoms with van der Waals surface area (Å²) in [7, 11) is 0. The first kappa shape index (κ1) is 29.0. The summed E-state index contributed by atoms with van der Waals surface area (Å²) >= 11 is 1.81. The third-order valence-corrected chi connectivity index (χ3v) is 11.1. The first-order valence-corrected chi connectivity index (χ1v) is 18.0. The average molecular weight is 683 g/mol. The molecule has 0 unspecified atom stereocenters. The van der Waals surface area contributed by atoms with Crippen molar-refractivity contribution in [1.82, 2.24) is 19.9 Å². The topological polar surface area (TPSA) is 64.7 Å². The molecule has 6 heteroatoms. The zero-order valence-corrected chi connectivity index (χ0v) is 28.4. The van der Waals surface area contributed by atoms with Gasteiger partial charge < -0.3 is 4.42 Å². The summed E-state index contributed by atoms with van der Waals surface area (Å²) in [5, 5.41) is 7.89. The van der Waals surface area contributed by atoms with E-state index >= 15 is 0 Å². The van der Waals surface area contributed by atoms with Crippen molar-refractivity contribution in [2.45, 2.75) is 0 Å². The second-order valence-electron chi connectivity index (χ2n) is 12.9. The van der Waals surface area contributed by atoms with Crippen molar-refractivity contribution in [2.24, 2.45) is 0 Å². The fourth-order valence-electron chi connectivity index (χ4n) is 7.58. The fraction of sp³-hybridized carbons (Fsp3) is 0. The summed E-state index contributed by atoms with van der Waals surface area (Å²) in [6.07, 6.45) is 0. The molecule has 242 valence electrons. The van der Waals surface area contributed by atoms with Gasteiger partial charge in [-0.05, 0) is 24.3 Å². The van der Waals surface area contributed by atoms with Gasteiger partial charge in [0.25, 0.3) is 0 Å². The van der Waals surface area contributed by atoms with Gasteiger partial charge >= 0.3 is 0 Å². The Bertz CT molecular complexity index is 3190. The summed E-state index contributed by atoms with van der Waals surface area (Å²) in [4.78, 5) is 20.7. The zero-order chi connectivity index (χ0) is 34.2. The van der Waals surface area contributed by atoms with Gasteiger partial charge in [0.2, 0.25) is 0 Å². The highest BCUT2D eigenvalue weighted by Gasteiger charge is 2.21. The molecule has 11 rings (SSSR count). The third kappa shape index (κ3) is 4.41. The van der Waals surface area contributed by atoms with Crippen LogP contribution < -0.4 is 0 Å².